The Morgan fingerprint density at radius 1 is 1.39 bits per heavy atom. The first kappa shape index (κ1) is 14.1. The van der Waals surface area contributed by atoms with Gasteiger partial charge in [0.25, 0.3) is 0 Å². The molecule has 0 spiro atoms. The fourth-order valence-corrected chi connectivity index (χ4v) is 3.58. The smallest absolute Gasteiger partial charge is 0.0996 e. The summed E-state index contributed by atoms with van der Waals surface area (Å²) in [6.45, 7) is 5.14. The van der Waals surface area contributed by atoms with Gasteiger partial charge in [0.15, 0.2) is 0 Å². The van der Waals surface area contributed by atoms with E-state index >= 15 is 0 Å². The van der Waals surface area contributed by atoms with Crippen molar-refractivity contribution >= 4 is 15.9 Å². The van der Waals surface area contributed by atoms with Crippen molar-refractivity contribution in [2.45, 2.75) is 58.6 Å². The quantitative estimate of drug-likeness (QED) is 0.914. The second-order valence-electron chi connectivity index (χ2n) is 5.33. The Morgan fingerprint density at radius 2 is 2.06 bits per heavy atom. The minimum Gasteiger partial charge on any atom is -0.386 e. The highest BCUT2D eigenvalue weighted by atomic mass is 79.9. The zero-order chi connectivity index (χ0) is 13.1. The molecule has 0 bridgehead atoms. The fourth-order valence-electron chi connectivity index (χ4n) is 3.05. The summed E-state index contributed by atoms with van der Waals surface area (Å²) < 4.78 is 2.84. The average Bonchev–Trinajstić information content (AvgIpc) is 2.79. The van der Waals surface area contributed by atoms with Crippen molar-refractivity contribution in [1.29, 1.82) is 0 Å². The molecule has 4 heteroatoms. The standard InChI is InChI=1S/C14H23BrN2O/c1-3-10-5-7-11(8-6-10)14(18)13-12(15)9-16-17(13)4-2/h9-11,14,18H,3-8H2,1-2H3. The Morgan fingerprint density at radius 3 is 2.61 bits per heavy atom. The van der Waals surface area contributed by atoms with E-state index in [-0.39, 0.29) is 6.10 Å². The number of aryl methyl sites for hydroxylation is 1. The predicted molar refractivity (Wildman–Crippen MR) is 76.3 cm³/mol. The van der Waals surface area contributed by atoms with Crippen molar-refractivity contribution in [3.05, 3.63) is 16.4 Å². The number of aliphatic hydroxyl groups excluding tert-OH is 1. The Bertz CT molecular complexity index is 383. The van der Waals surface area contributed by atoms with Gasteiger partial charge in [-0.3, -0.25) is 4.68 Å². The van der Waals surface area contributed by atoms with Crippen LogP contribution in [0.1, 0.15) is 57.7 Å². The molecule has 1 aliphatic carbocycles. The van der Waals surface area contributed by atoms with Gasteiger partial charge in [-0.05, 0) is 47.5 Å². The molecule has 1 aliphatic rings. The molecule has 0 radical (unpaired) electrons. The summed E-state index contributed by atoms with van der Waals surface area (Å²) in [5.41, 5.74) is 0.956. The Labute approximate surface area is 118 Å². The molecule has 0 aliphatic heterocycles. The Balaban J connectivity index is 2.07. The van der Waals surface area contributed by atoms with Crippen molar-refractivity contribution in [1.82, 2.24) is 9.78 Å². The molecule has 1 saturated carbocycles. The van der Waals surface area contributed by atoms with E-state index in [1.807, 2.05) is 4.68 Å². The molecule has 0 saturated heterocycles. The number of hydrogen-bond acceptors (Lipinski definition) is 2. The molecular formula is C14H23BrN2O. The summed E-state index contributed by atoms with van der Waals surface area (Å²) >= 11 is 3.51. The van der Waals surface area contributed by atoms with Crippen LogP contribution in [0.3, 0.4) is 0 Å². The van der Waals surface area contributed by atoms with Gasteiger partial charge in [-0.15, -0.1) is 0 Å². The third-order valence-corrected chi connectivity index (χ3v) is 4.94. The van der Waals surface area contributed by atoms with Crippen molar-refractivity contribution in [2.75, 3.05) is 0 Å². The second-order valence-corrected chi connectivity index (χ2v) is 6.18. The van der Waals surface area contributed by atoms with Crippen molar-refractivity contribution < 1.29 is 5.11 Å². The van der Waals surface area contributed by atoms with Gasteiger partial charge in [0.1, 0.15) is 0 Å². The Kier molecular flexibility index (Phi) is 4.84. The summed E-state index contributed by atoms with van der Waals surface area (Å²) in [5, 5.41) is 14.9. The van der Waals surface area contributed by atoms with Gasteiger partial charge in [-0.25, -0.2) is 0 Å². The van der Waals surface area contributed by atoms with E-state index in [1.54, 1.807) is 6.20 Å². The number of rotatable bonds is 4. The maximum Gasteiger partial charge on any atom is 0.0996 e. The summed E-state index contributed by atoms with van der Waals surface area (Å²) in [6, 6.07) is 0. The lowest BCUT2D eigenvalue weighted by Gasteiger charge is -2.31. The predicted octanol–water partition coefficient (Wildman–Crippen LogP) is 3.92. The van der Waals surface area contributed by atoms with Crippen LogP contribution in [0.15, 0.2) is 10.7 Å². The monoisotopic (exact) mass is 314 g/mol. The van der Waals surface area contributed by atoms with E-state index in [9.17, 15) is 5.11 Å². The van der Waals surface area contributed by atoms with E-state index in [0.717, 1.165) is 35.5 Å². The van der Waals surface area contributed by atoms with Crippen molar-refractivity contribution in [3.63, 3.8) is 0 Å². The van der Waals surface area contributed by atoms with Gasteiger partial charge in [0.05, 0.1) is 22.5 Å². The van der Waals surface area contributed by atoms with Crippen LogP contribution in [0, 0.1) is 11.8 Å². The van der Waals surface area contributed by atoms with E-state index in [0.29, 0.717) is 5.92 Å². The second kappa shape index (κ2) is 6.20. The van der Waals surface area contributed by atoms with Crippen LogP contribution < -0.4 is 0 Å². The third kappa shape index (κ3) is 2.80. The fraction of sp³-hybridized carbons (Fsp3) is 0.786. The molecule has 0 amide bonds. The number of aromatic nitrogens is 2. The maximum atomic E-state index is 10.6. The van der Waals surface area contributed by atoms with Crippen LogP contribution in [0.2, 0.25) is 0 Å². The molecule has 1 N–H and O–H groups in total. The van der Waals surface area contributed by atoms with Crippen LogP contribution in [-0.2, 0) is 6.54 Å². The van der Waals surface area contributed by atoms with Gasteiger partial charge in [-0.1, -0.05) is 26.2 Å². The molecule has 1 unspecified atom stereocenters. The zero-order valence-electron chi connectivity index (χ0n) is 11.3. The lowest BCUT2D eigenvalue weighted by atomic mass is 9.78. The van der Waals surface area contributed by atoms with Gasteiger partial charge in [0, 0.05) is 6.54 Å². The highest BCUT2D eigenvalue weighted by molar-refractivity contribution is 9.10. The number of aliphatic hydroxyl groups is 1. The molecule has 1 aromatic heterocycles. The molecule has 1 aromatic rings. The highest BCUT2D eigenvalue weighted by Crippen LogP contribution is 2.39. The summed E-state index contributed by atoms with van der Waals surface area (Å²) in [7, 11) is 0. The molecule has 1 atom stereocenters. The van der Waals surface area contributed by atoms with Crippen LogP contribution in [0.25, 0.3) is 0 Å². The van der Waals surface area contributed by atoms with Gasteiger partial charge in [-0.2, -0.15) is 5.10 Å². The van der Waals surface area contributed by atoms with E-state index in [4.69, 9.17) is 0 Å². The largest absolute Gasteiger partial charge is 0.386 e. The average molecular weight is 315 g/mol. The third-order valence-electron chi connectivity index (χ3n) is 4.33. The molecule has 102 valence electrons. The first-order valence-corrected chi connectivity index (χ1v) is 7.85. The van der Waals surface area contributed by atoms with Crippen LogP contribution >= 0.6 is 15.9 Å². The zero-order valence-corrected chi connectivity index (χ0v) is 12.9. The molecule has 3 nitrogen and oxygen atoms in total. The van der Waals surface area contributed by atoms with Gasteiger partial charge >= 0.3 is 0 Å². The van der Waals surface area contributed by atoms with Gasteiger partial charge in [0.2, 0.25) is 0 Å². The van der Waals surface area contributed by atoms with Crippen molar-refractivity contribution in [2.24, 2.45) is 11.8 Å². The highest BCUT2D eigenvalue weighted by Gasteiger charge is 2.29. The van der Waals surface area contributed by atoms with Crippen LogP contribution in [0.4, 0.5) is 0 Å². The van der Waals surface area contributed by atoms with Crippen LogP contribution in [-0.4, -0.2) is 14.9 Å². The Hall–Kier alpha value is -0.350. The first-order valence-electron chi connectivity index (χ1n) is 7.06. The van der Waals surface area contributed by atoms with Gasteiger partial charge < -0.3 is 5.11 Å². The SMILES string of the molecule is CCC1CCC(C(O)c2c(Br)cnn2CC)CC1. The summed E-state index contributed by atoms with van der Waals surface area (Å²) in [5.74, 6) is 1.26. The molecular weight excluding hydrogens is 292 g/mol. The topological polar surface area (TPSA) is 38.1 Å². The first-order chi connectivity index (χ1) is 8.67. The number of halogens is 1. The molecule has 2 rings (SSSR count). The van der Waals surface area contributed by atoms with E-state index in [2.05, 4.69) is 34.9 Å². The minimum absolute atomic E-state index is 0.375. The maximum absolute atomic E-state index is 10.6. The molecule has 1 fully saturated rings. The number of nitrogens with zero attached hydrogens (tertiary/aromatic N) is 2. The normalized spacial score (nSPS) is 26.2. The summed E-state index contributed by atoms with van der Waals surface area (Å²) in [4.78, 5) is 0. The lowest BCUT2D eigenvalue weighted by Crippen LogP contribution is -2.22. The van der Waals surface area contributed by atoms with E-state index < -0.39 is 0 Å². The lowest BCUT2D eigenvalue weighted by molar-refractivity contribution is 0.0652. The minimum atomic E-state index is -0.375. The van der Waals surface area contributed by atoms with E-state index in [1.165, 1.54) is 19.3 Å². The summed E-state index contributed by atoms with van der Waals surface area (Å²) in [6.07, 6.45) is 7.49. The number of hydrogen-bond donors (Lipinski definition) is 1. The van der Waals surface area contributed by atoms with Crippen molar-refractivity contribution in [3.8, 4) is 0 Å². The molecule has 18 heavy (non-hydrogen) atoms. The molecule has 1 heterocycles. The van der Waals surface area contributed by atoms with Crippen LogP contribution in [0.5, 0.6) is 0 Å². The molecule has 0 aromatic carbocycles.